The molecule has 15 heavy (non-hydrogen) atoms. The molecule has 1 rings (SSSR count). The van der Waals surface area contributed by atoms with E-state index in [2.05, 4.69) is 10.2 Å². The zero-order valence-electron chi connectivity index (χ0n) is 8.78. The molecule has 1 aliphatic rings. The molecule has 0 amide bonds. The average molecular weight is 277 g/mol. The lowest BCUT2D eigenvalue weighted by Crippen LogP contribution is -2.45. The molecule has 0 aromatic carbocycles. The van der Waals surface area contributed by atoms with Gasteiger partial charge in [-0.05, 0) is 6.92 Å². The zero-order chi connectivity index (χ0) is 10.6. The van der Waals surface area contributed by atoms with Gasteiger partial charge in [-0.15, -0.1) is 24.0 Å². The average Bonchev–Trinajstić information content (AvgIpc) is 2.16. The molecule has 0 aromatic rings. The van der Waals surface area contributed by atoms with Crippen molar-refractivity contribution in [3.63, 3.8) is 0 Å². The lowest BCUT2D eigenvalue weighted by atomic mass is 10.4. The molecule has 7 heteroatoms. The summed E-state index contributed by atoms with van der Waals surface area (Å²) in [5, 5.41) is 3.22. The summed E-state index contributed by atoms with van der Waals surface area (Å²) in [5.74, 6) is 0.164. The van der Waals surface area contributed by atoms with Gasteiger partial charge >= 0.3 is 0 Å². The molecular weight excluding hydrogens is 259 g/mol. The van der Waals surface area contributed by atoms with Crippen molar-refractivity contribution in [3.8, 4) is 0 Å². The summed E-state index contributed by atoms with van der Waals surface area (Å²) < 4.78 is 22.0. The number of rotatable bonds is 4. The van der Waals surface area contributed by atoms with Crippen molar-refractivity contribution in [2.45, 2.75) is 11.6 Å². The molecule has 0 aromatic heterocycles. The third kappa shape index (κ3) is 5.36. The van der Waals surface area contributed by atoms with Crippen LogP contribution in [-0.4, -0.2) is 56.5 Å². The van der Waals surface area contributed by atoms with Gasteiger partial charge < -0.3 is 5.32 Å². The summed E-state index contributed by atoms with van der Waals surface area (Å²) in [5.41, 5.74) is 0. The second-order valence-electron chi connectivity index (χ2n) is 3.50. The van der Waals surface area contributed by atoms with Crippen molar-refractivity contribution in [1.29, 1.82) is 0 Å². The topological polar surface area (TPSA) is 49.4 Å². The summed E-state index contributed by atoms with van der Waals surface area (Å²) >= 11 is 5.57. The van der Waals surface area contributed by atoms with Gasteiger partial charge in [-0.25, -0.2) is 8.42 Å². The van der Waals surface area contributed by atoms with E-state index in [0.29, 0.717) is 6.54 Å². The lowest BCUT2D eigenvalue weighted by molar-refractivity contribution is 0.254. The molecule has 0 bridgehead atoms. The van der Waals surface area contributed by atoms with Crippen molar-refractivity contribution in [2.24, 2.45) is 0 Å². The summed E-state index contributed by atoms with van der Waals surface area (Å²) in [6.45, 7) is 5.83. The van der Waals surface area contributed by atoms with Crippen LogP contribution in [-0.2, 0) is 9.84 Å². The van der Waals surface area contributed by atoms with Crippen LogP contribution in [0.25, 0.3) is 0 Å². The van der Waals surface area contributed by atoms with Gasteiger partial charge in [-0.2, -0.15) is 0 Å². The maximum Gasteiger partial charge on any atom is 0.168 e. The van der Waals surface area contributed by atoms with E-state index in [9.17, 15) is 8.42 Å². The van der Waals surface area contributed by atoms with Gasteiger partial charge in [-0.3, -0.25) is 4.90 Å². The van der Waals surface area contributed by atoms with Gasteiger partial charge in [0, 0.05) is 32.7 Å². The van der Waals surface area contributed by atoms with Crippen LogP contribution in [0.5, 0.6) is 0 Å². The van der Waals surface area contributed by atoms with E-state index in [4.69, 9.17) is 11.6 Å². The molecule has 0 spiro atoms. The minimum absolute atomic E-state index is 0. The number of sulfone groups is 1. The number of halogens is 2. The van der Waals surface area contributed by atoms with Crippen molar-refractivity contribution in [3.05, 3.63) is 0 Å². The van der Waals surface area contributed by atoms with E-state index in [1.165, 1.54) is 6.92 Å². The fourth-order valence-corrected chi connectivity index (χ4v) is 2.46. The highest BCUT2D eigenvalue weighted by atomic mass is 35.5. The summed E-state index contributed by atoms with van der Waals surface area (Å²) in [6.07, 6.45) is 0. The molecule has 1 atom stereocenters. The van der Waals surface area contributed by atoms with Crippen LogP contribution in [0.1, 0.15) is 6.92 Å². The Morgan fingerprint density at radius 3 is 2.40 bits per heavy atom. The maximum absolute atomic E-state index is 11.4. The van der Waals surface area contributed by atoms with Crippen molar-refractivity contribution < 1.29 is 8.42 Å². The van der Waals surface area contributed by atoms with Crippen molar-refractivity contribution >= 4 is 33.8 Å². The Balaban J connectivity index is 0.00000196. The lowest BCUT2D eigenvalue weighted by Gasteiger charge is -2.27. The third-order valence-electron chi connectivity index (χ3n) is 2.40. The molecule has 4 nitrogen and oxygen atoms in total. The molecule has 1 heterocycles. The SMILES string of the molecule is CC(Cl)S(=O)(=O)CCN1CCNCC1.Cl. The molecule has 92 valence electrons. The Hall–Kier alpha value is 0.450. The molecule has 0 radical (unpaired) electrons. The third-order valence-corrected chi connectivity index (χ3v) is 4.95. The smallest absolute Gasteiger partial charge is 0.168 e. The van der Waals surface area contributed by atoms with Gasteiger partial charge in [0.2, 0.25) is 0 Å². The van der Waals surface area contributed by atoms with Gasteiger partial charge in [0.15, 0.2) is 9.84 Å². The first-order valence-corrected chi connectivity index (χ1v) is 6.96. The first kappa shape index (κ1) is 15.4. The summed E-state index contributed by atoms with van der Waals surface area (Å²) in [6, 6.07) is 0. The van der Waals surface area contributed by atoms with Gasteiger partial charge in [-0.1, -0.05) is 0 Å². The van der Waals surface area contributed by atoms with E-state index < -0.39 is 14.5 Å². The second kappa shape index (κ2) is 6.91. The quantitative estimate of drug-likeness (QED) is 0.752. The Labute approximate surface area is 103 Å². The normalized spacial score (nSPS) is 20.7. The van der Waals surface area contributed by atoms with E-state index in [-0.39, 0.29) is 18.2 Å². The number of nitrogens with one attached hydrogen (secondary N) is 1. The highest BCUT2D eigenvalue weighted by Crippen LogP contribution is 2.06. The van der Waals surface area contributed by atoms with Crippen molar-refractivity contribution in [1.82, 2.24) is 10.2 Å². The van der Waals surface area contributed by atoms with Crippen LogP contribution in [0.2, 0.25) is 0 Å². The molecule has 1 unspecified atom stereocenters. The Morgan fingerprint density at radius 2 is 1.93 bits per heavy atom. The fraction of sp³-hybridized carbons (Fsp3) is 1.00. The van der Waals surface area contributed by atoms with E-state index in [1.807, 2.05) is 0 Å². The number of hydrogen-bond acceptors (Lipinski definition) is 4. The Kier molecular flexibility index (Phi) is 7.12. The molecule has 1 N–H and O–H groups in total. The maximum atomic E-state index is 11.4. The largest absolute Gasteiger partial charge is 0.314 e. The van der Waals surface area contributed by atoms with Gasteiger partial charge in [0.25, 0.3) is 0 Å². The Morgan fingerprint density at radius 1 is 1.40 bits per heavy atom. The van der Waals surface area contributed by atoms with E-state index >= 15 is 0 Å². The van der Waals surface area contributed by atoms with Gasteiger partial charge in [0.05, 0.1) is 5.75 Å². The predicted molar refractivity (Wildman–Crippen MR) is 65.7 cm³/mol. The van der Waals surface area contributed by atoms with E-state index in [1.54, 1.807) is 0 Å². The van der Waals surface area contributed by atoms with Crippen molar-refractivity contribution in [2.75, 3.05) is 38.5 Å². The molecular formula is C8H18Cl2N2O2S. The molecule has 0 aliphatic carbocycles. The summed E-state index contributed by atoms with van der Waals surface area (Å²) in [4.78, 5) is 2.15. The number of alkyl halides is 1. The van der Waals surface area contributed by atoms with Crippen LogP contribution in [0.3, 0.4) is 0 Å². The highest BCUT2D eigenvalue weighted by molar-refractivity contribution is 7.93. The molecule has 1 aliphatic heterocycles. The highest BCUT2D eigenvalue weighted by Gasteiger charge is 2.19. The van der Waals surface area contributed by atoms with Crippen LogP contribution < -0.4 is 5.32 Å². The first-order chi connectivity index (χ1) is 6.52. The van der Waals surface area contributed by atoms with Gasteiger partial charge in [0.1, 0.15) is 4.71 Å². The summed E-state index contributed by atoms with van der Waals surface area (Å²) in [7, 11) is -3.09. The fourth-order valence-electron chi connectivity index (χ4n) is 1.35. The van der Waals surface area contributed by atoms with Crippen LogP contribution in [0, 0.1) is 0 Å². The van der Waals surface area contributed by atoms with Crippen LogP contribution in [0.4, 0.5) is 0 Å². The van der Waals surface area contributed by atoms with Crippen LogP contribution >= 0.6 is 24.0 Å². The number of hydrogen-bond donors (Lipinski definition) is 1. The van der Waals surface area contributed by atoms with E-state index in [0.717, 1.165) is 26.2 Å². The number of piperazine rings is 1. The monoisotopic (exact) mass is 276 g/mol. The molecule has 0 saturated carbocycles. The molecule has 1 saturated heterocycles. The predicted octanol–water partition coefficient (Wildman–Crippen LogP) is 0.313. The second-order valence-corrected chi connectivity index (χ2v) is 6.86. The minimum atomic E-state index is -3.09. The Bertz CT molecular complexity index is 264. The number of nitrogens with zero attached hydrogens (tertiary/aromatic N) is 1. The standard InChI is InChI=1S/C8H17ClN2O2S.ClH/c1-8(9)14(12,13)7-6-11-4-2-10-3-5-11;/h8,10H,2-7H2,1H3;1H. The first-order valence-electron chi connectivity index (χ1n) is 4.81. The molecule has 1 fully saturated rings. The minimum Gasteiger partial charge on any atom is -0.314 e. The zero-order valence-corrected chi connectivity index (χ0v) is 11.2. The van der Waals surface area contributed by atoms with Crippen LogP contribution in [0.15, 0.2) is 0 Å².